The minimum absolute atomic E-state index is 0.229. The molecule has 0 amide bonds. The van der Waals surface area contributed by atoms with E-state index in [-0.39, 0.29) is 6.10 Å². The van der Waals surface area contributed by atoms with E-state index in [0.717, 1.165) is 18.8 Å². The van der Waals surface area contributed by atoms with Crippen LogP contribution in [-0.2, 0) is 4.74 Å². The minimum Gasteiger partial charge on any atom is -0.486 e. The van der Waals surface area contributed by atoms with E-state index < -0.39 is 0 Å². The fraction of sp³-hybridized carbons (Fsp3) is 0.667. The van der Waals surface area contributed by atoms with Crippen molar-refractivity contribution in [2.75, 3.05) is 37.7 Å². The Balaban J connectivity index is 2.17. The van der Waals surface area contributed by atoms with Crippen molar-refractivity contribution < 1.29 is 9.47 Å². The maximum absolute atomic E-state index is 6.18. The highest BCUT2D eigenvalue weighted by atomic mass is 16.5. The van der Waals surface area contributed by atoms with Gasteiger partial charge in [0.2, 0.25) is 0 Å². The first-order chi connectivity index (χ1) is 10.5. The Morgan fingerprint density at radius 3 is 2.68 bits per heavy atom. The molecule has 124 valence electrons. The molecule has 4 heteroatoms. The largest absolute Gasteiger partial charge is 0.486 e. The number of rotatable bonds is 7. The molecule has 0 aromatic heterocycles. The molecule has 1 aliphatic heterocycles. The van der Waals surface area contributed by atoms with Crippen molar-refractivity contribution in [2.45, 2.75) is 39.7 Å². The molecule has 0 saturated carbocycles. The van der Waals surface area contributed by atoms with Crippen LogP contribution < -0.4 is 15.4 Å². The van der Waals surface area contributed by atoms with Crippen molar-refractivity contribution >= 4 is 5.69 Å². The van der Waals surface area contributed by atoms with Crippen molar-refractivity contribution in [1.82, 2.24) is 0 Å². The van der Waals surface area contributed by atoms with Gasteiger partial charge in [0, 0.05) is 13.1 Å². The zero-order chi connectivity index (χ0) is 16.1. The second-order valence-electron chi connectivity index (χ2n) is 6.63. The fourth-order valence-corrected chi connectivity index (χ4v) is 2.67. The number of fused-ring (bicyclic) bond motifs is 1. The quantitative estimate of drug-likeness (QED) is 0.787. The zero-order valence-corrected chi connectivity index (χ0v) is 14.3. The van der Waals surface area contributed by atoms with Crippen molar-refractivity contribution in [1.29, 1.82) is 0 Å². The predicted octanol–water partition coefficient (Wildman–Crippen LogP) is 3.01. The highest BCUT2D eigenvalue weighted by molar-refractivity contribution is 5.62. The number of hydrogen-bond donors (Lipinski definition) is 1. The molecular formula is C18H30N2O2. The molecule has 1 aromatic carbocycles. The van der Waals surface area contributed by atoms with Gasteiger partial charge in [-0.3, -0.25) is 0 Å². The topological polar surface area (TPSA) is 47.7 Å². The van der Waals surface area contributed by atoms with Crippen molar-refractivity contribution in [3.05, 3.63) is 23.8 Å². The molecule has 1 unspecified atom stereocenters. The summed E-state index contributed by atoms with van der Waals surface area (Å²) in [5, 5.41) is 0. The molecule has 0 saturated heterocycles. The van der Waals surface area contributed by atoms with Crippen molar-refractivity contribution in [2.24, 2.45) is 11.7 Å². The number of ether oxygens (including phenoxy) is 2. The molecule has 1 aromatic rings. The second-order valence-corrected chi connectivity index (χ2v) is 6.63. The van der Waals surface area contributed by atoms with Crippen LogP contribution in [0.5, 0.6) is 5.75 Å². The number of nitrogens with two attached hydrogens (primary N) is 1. The van der Waals surface area contributed by atoms with Gasteiger partial charge in [0.25, 0.3) is 0 Å². The van der Waals surface area contributed by atoms with Crippen LogP contribution in [0, 0.1) is 5.92 Å². The zero-order valence-electron chi connectivity index (χ0n) is 14.3. The summed E-state index contributed by atoms with van der Waals surface area (Å²) in [5.41, 5.74) is 8.02. The van der Waals surface area contributed by atoms with Gasteiger partial charge in [0.1, 0.15) is 11.9 Å². The van der Waals surface area contributed by atoms with Crippen LogP contribution in [0.3, 0.4) is 0 Å². The van der Waals surface area contributed by atoms with E-state index in [9.17, 15) is 0 Å². The van der Waals surface area contributed by atoms with Crippen LogP contribution in [0.15, 0.2) is 18.2 Å². The average molecular weight is 306 g/mol. The molecule has 2 rings (SSSR count). The van der Waals surface area contributed by atoms with Gasteiger partial charge in [-0.2, -0.15) is 0 Å². The van der Waals surface area contributed by atoms with E-state index in [4.69, 9.17) is 15.2 Å². The fourth-order valence-electron chi connectivity index (χ4n) is 2.67. The molecular weight excluding hydrogens is 276 g/mol. The molecule has 4 nitrogen and oxygen atoms in total. The lowest BCUT2D eigenvalue weighted by atomic mass is 9.99. The third-order valence-electron chi connectivity index (χ3n) is 4.18. The molecule has 0 radical (unpaired) electrons. The van der Waals surface area contributed by atoms with Gasteiger partial charge < -0.3 is 20.1 Å². The van der Waals surface area contributed by atoms with E-state index in [1.165, 1.54) is 11.3 Å². The van der Waals surface area contributed by atoms with Gasteiger partial charge >= 0.3 is 0 Å². The molecule has 0 aliphatic carbocycles. The first kappa shape index (κ1) is 17.1. The Morgan fingerprint density at radius 1 is 1.27 bits per heavy atom. The van der Waals surface area contributed by atoms with Crippen LogP contribution in [0.2, 0.25) is 0 Å². The predicted molar refractivity (Wildman–Crippen MR) is 91.9 cm³/mol. The van der Waals surface area contributed by atoms with E-state index in [0.29, 0.717) is 31.6 Å². The van der Waals surface area contributed by atoms with Gasteiger partial charge in [-0.05, 0) is 29.5 Å². The lowest BCUT2D eigenvalue weighted by Gasteiger charge is -2.38. The maximum atomic E-state index is 6.18. The van der Waals surface area contributed by atoms with Crippen LogP contribution in [-0.4, -0.2) is 39.0 Å². The highest BCUT2D eigenvalue weighted by Crippen LogP contribution is 2.37. The molecule has 0 fully saturated rings. The molecule has 2 N–H and O–H groups in total. The minimum atomic E-state index is 0.229. The van der Waals surface area contributed by atoms with E-state index in [1.807, 2.05) is 0 Å². The van der Waals surface area contributed by atoms with Crippen LogP contribution in [0.1, 0.15) is 39.2 Å². The van der Waals surface area contributed by atoms with Crippen LogP contribution in [0.4, 0.5) is 5.69 Å². The van der Waals surface area contributed by atoms with Crippen LogP contribution in [0.25, 0.3) is 0 Å². The molecule has 22 heavy (non-hydrogen) atoms. The van der Waals surface area contributed by atoms with Gasteiger partial charge in [0.15, 0.2) is 0 Å². The lowest BCUT2D eigenvalue weighted by molar-refractivity contribution is 0.127. The smallest absolute Gasteiger partial charge is 0.143 e. The van der Waals surface area contributed by atoms with Crippen LogP contribution >= 0.6 is 0 Å². The second kappa shape index (κ2) is 7.84. The van der Waals surface area contributed by atoms with Gasteiger partial charge in [-0.1, -0.05) is 33.8 Å². The number of nitrogens with zero attached hydrogens (tertiary/aromatic N) is 1. The van der Waals surface area contributed by atoms with Gasteiger partial charge in [0.05, 0.1) is 25.4 Å². The third-order valence-corrected chi connectivity index (χ3v) is 4.18. The summed E-state index contributed by atoms with van der Waals surface area (Å²) >= 11 is 0. The Morgan fingerprint density at radius 2 is 2.05 bits per heavy atom. The van der Waals surface area contributed by atoms with E-state index >= 15 is 0 Å². The standard InChI is InChI=1S/C18H30N2O2/c1-13(2)15-5-6-17-16(11-15)20(8-10-21-9-7-19)12-18(22-17)14(3)4/h5-6,11,13-14,18H,7-10,12,19H2,1-4H3. The third kappa shape index (κ3) is 4.14. The Hall–Kier alpha value is -1.26. The molecule has 0 spiro atoms. The van der Waals surface area contributed by atoms with E-state index in [1.54, 1.807) is 0 Å². The summed E-state index contributed by atoms with van der Waals surface area (Å²) in [6.07, 6.45) is 0.229. The molecule has 1 heterocycles. The Kier molecular flexibility index (Phi) is 6.09. The summed E-state index contributed by atoms with van der Waals surface area (Å²) in [4.78, 5) is 2.39. The lowest BCUT2D eigenvalue weighted by Crippen LogP contribution is -2.44. The highest BCUT2D eigenvalue weighted by Gasteiger charge is 2.28. The molecule has 0 bridgehead atoms. The van der Waals surface area contributed by atoms with Crippen molar-refractivity contribution in [3.63, 3.8) is 0 Å². The number of benzene rings is 1. The normalized spacial score (nSPS) is 17.8. The van der Waals surface area contributed by atoms with Crippen molar-refractivity contribution in [3.8, 4) is 5.75 Å². The summed E-state index contributed by atoms with van der Waals surface area (Å²) in [5.74, 6) is 2.00. The maximum Gasteiger partial charge on any atom is 0.143 e. The van der Waals surface area contributed by atoms with Gasteiger partial charge in [-0.25, -0.2) is 0 Å². The SMILES string of the molecule is CC(C)c1ccc2c(c1)N(CCOCCN)CC(C(C)C)O2. The average Bonchev–Trinajstić information content (AvgIpc) is 2.50. The Bertz CT molecular complexity index is 474. The molecule has 1 aliphatic rings. The molecule has 1 atom stereocenters. The first-order valence-electron chi connectivity index (χ1n) is 8.36. The Labute approximate surface area is 134 Å². The van der Waals surface area contributed by atoms with E-state index in [2.05, 4.69) is 50.8 Å². The summed E-state index contributed by atoms with van der Waals surface area (Å²) in [6, 6.07) is 6.56. The summed E-state index contributed by atoms with van der Waals surface area (Å²) < 4.78 is 11.7. The summed E-state index contributed by atoms with van der Waals surface area (Å²) in [7, 11) is 0. The number of anilines is 1. The first-order valence-corrected chi connectivity index (χ1v) is 8.36. The number of hydrogen-bond acceptors (Lipinski definition) is 4. The summed E-state index contributed by atoms with van der Waals surface area (Å²) in [6.45, 7) is 12.5. The van der Waals surface area contributed by atoms with Gasteiger partial charge in [-0.15, -0.1) is 0 Å². The monoisotopic (exact) mass is 306 g/mol.